The molecule has 174 valence electrons. The molecule has 0 fully saturated rings. The molecule has 3 aromatic rings. The topological polar surface area (TPSA) is 123 Å². The Balaban J connectivity index is 1.45. The van der Waals surface area contributed by atoms with E-state index in [1.54, 1.807) is 19.1 Å². The van der Waals surface area contributed by atoms with Gasteiger partial charge in [0.1, 0.15) is 10.8 Å². The fourth-order valence-corrected chi connectivity index (χ4v) is 6.12. The largest absolute Gasteiger partial charge is 0.465 e. The van der Waals surface area contributed by atoms with Crippen LogP contribution in [-0.4, -0.2) is 31.8 Å². The number of nitrogens with zero attached hydrogens (tertiary/aromatic N) is 1. The summed E-state index contributed by atoms with van der Waals surface area (Å²) in [5.74, 6) is 0.222. The van der Waals surface area contributed by atoms with Gasteiger partial charge in [-0.25, -0.2) is 13.2 Å². The van der Waals surface area contributed by atoms with Crippen LogP contribution < -0.4 is 15.4 Å². The third-order valence-electron chi connectivity index (χ3n) is 5.08. The van der Waals surface area contributed by atoms with Crippen LogP contribution in [0.15, 0.2) is 39.8 Å². The van der Waals surface area contributed by atoms with E-state index in [0.29, 0.717) is 22.0 Å². The van der Waals surface area contributed by atoms with Crippen molar-refractivity contribution in [2.45, 2.75) is 37.5 Å². The summed E-state index contributed by atoms with van der Waals surface area (Å²) in [6.45, 7) is 1.67. The molecule has 1 aromatic carbocycles. The van der Waals surface area contributed by atoms with E-state index in [9.17, 15) is 13.2 Å². The highest BCUT2D eigenvalue weighted by Crippen LogP contribution is 2.38. The zero-order valence-corrected chi connectivity index (χ0v) is 20.4. The van der Waals surface area contributed by atoms with Crippen molar-refractivity contribution in [1.29, 1.82) is 0 Å². The Labute approximate surface area is 200 Å². The molecule has 0 radical (unpaired) electrons. The molecule has 0 saturated carbocycles. The van der Waals surface area contributed by atoms with Crippen LogP contribution in [0.1, 0.15) is 39.4 Å². The maximum absolute atomic E-state index is 12.5. The van der Waals surface area contributed by atoms with E-state index in [-0.39, 0.29) is 21.8 Å². The molecule has 0 bridgehead atoms. The van der Waals surface area contributed by atoms with Crippen molar-refractivity contribution in [1.82, 2.24) is 5.16 Å². The van der Waals surface area contributed by atoms with Gasteiger partial charge in [-0.15, -0.1) is 11.3 Å². The lowest BCUT2D eigenvalue weighted by molar-refractivity contribution is 0.0601. The SMILES string of the molecule is COC(=O)c1c(NC(=S)Nc2ccc(S(=O)(=O)Nc3cc(C)on3)cc2)sc2c1CCCC2. The zero-order chi connectivity index (χ0) is 23.6. The van der Waals surface area contributed by atoms with Gasteiger partial charge < -0.3 is 19.9 Å². The number of hydrogen-bond donors (Lipinski definition) is 3. The molecule has 1 aliphatic rings. The number of thiophene rings is 1. The average Bonchev–Trinajstić information content (AvgIpc) is 3.35. The highest BCUT2D eigenvalue weighted by atomic mass is 32.2. The highest BCUT2D eigenvalue weighted by Gasteiger charge is 2.26. The summed E-state index contributed by atoms with van der Waals surface area (Å²) in [6.07, 6.45) is 3.91. The molecular weight excluding hydrogens is 484 g/mol. The molecular formula is C21H22N4O5S3. The summed E-state index contributed by atoms with van der Waals surface area (Å²) >= 11 is 6.93. The van der Waals surface area contributed by atoms with Gasteiger partial charge in [0, 0.05) is 16.6 Å². The van der Waals surface area contributed by atoms with Gasteiger partial charge in [-0.2, -0.15) is 0 Å². The molecule has 12 heteroatoms. The van der Waals surface area contributed by atoms with Crippen molar-refractivity contribution in [3.63, 3.8) is 0 Å². The number of methoxy groups -OCH3 is 1. The lowest BCUT2D eigenvalue weighted by Gasteiger charge is -2.13. The second kappa shape index (κ2) is 9.49. The Morgan fingerprint density at radius 2 is 1.91 bits per heavy atom. The number of esters is 1. The molecule has 2 heterocycles. The first-order valence-electron chi connectivity index (χ1n) is 10.1. The maximum atomic E-state index is 12.5. The van der Waals surface area contributed by atoms with Crippen molar-refractivity contribution in [2.75, 3.05) is 22.5 Å². The van der Waals surface area contributed by atoms with Gasteiger partial charge >= 0.3 is 5.97 Å². The normalized spacial score (nSPS) is 13.2. The quantitative estimate of drug-likeness (QED) is 0.331. The lowest BCUT2D eigenvalue weighted by Crippen LogP contribution is -2.20. The van der Waals surface area contributed by atoms with Crippen molar-refractivity contribution >= 4 is 61.2 Å². The van der Waals surface area contributed by atoms with Crippen LogP contribution in [0.4, 0.5) is 16.5 Å². The molecule has 0 spiro atoms. The van der Waals surface area contributed by atoms with Gasteiger partial charge in [0.05, 0.1) is 17.6 Å². The Morgan fingerprint density at radius 3 is 2.58 bits per heavy atom. The van der Waals surface area contributed by atoms with Crippen LogP contribution in [0.2, 0.25) is 0 Å². The number of carbonyl (C=O) groups is 1. The van der Waals surface area contributed by atoms with Crippen molar-refractivity contribution in [3.05, 3.63) is 52.1 Å². The first-order chi connectivity index (χ1) is 15.8. The minimum absolute atomic E-state index is 0.0616. The van der Waals surface area contributed by atoms with E-state index in [2.05, 4.69) is 20.5 Å². The van der Waals surface area contributed by atoms with Gasteiger partial charge in [-0.3, -0.25) is 4.72 Å². The van der Waals surface area contributed by atoms with Gasteiger partial charge in [-0.1, -0.05) is 5.16 Å². The molecule has 33 heavy (non-hydrogen) atoms. The smallest absolute Gasteiger partial charge is 0.341 e. The molecule has 0 atom stereocenters. The number of benzene rings is 1. The van der Waals surface area contributed by atoms with Crippen LogP contribution in [0.25, 0.3) is 0 Å². The molecule has 2 aromatic heterocycles. The Morgan fingerprint density at radius 1 is 1.18 bits per heavy atom. The average molecular weight is 507 g/mol. The van der Waals surface area contributed by atoms with E-state index in [0.717, 1.165) is 31.2 Å². The van der Waals surface area contributed by atoms with Gasteiger partial charge in [0.15, 0.2) is 10.9 Å². The standard InChI is InChI=1S/C21H22N4O5S3/c1-12-11-17(24-30-12)25-33(27,28)14-9-7-13(8-10-14)22-21(31)23-19-18(20(26)29-2)15-5-3-4-6-16(15)32-19/h7-11H,3-6H2,1-2H3,(H,24,25)(H2,22,23,31). The van der Waals surface area contributed by atoms with Crippen molar-refractivity contribution in [2.24, 2.45) is 0 Å². The summed E-state index contributed by atoms with van der Waals surface area (Å²) in [4.78, 5) is 13.6. The first kappa shape index (κ1) is 23.2. The minimum Gasteiger partial charge on any atom is -0.465 e. The number of nitrogens with one attached hydrogen (secondary N) is 3. The Kier molecular flexibility index (Phi) is 6.68. The predicted molar refractivity (Wildman–Crippen MR) is 131 cm³/mol. The fourth-order valence-electron chi connectivity index (χ4n) is 3.57. The summed E-state index contributed by atoms with van der Waals surface area (Å²) < 4.78 is 37.3. The third kappa shape index (κ3) is 5.18. The molecule has 0 aliphatic heterocycles. The number of aromatic nitrogens is 1. The summed E-state index contributed by atoms with van der Waals surface area (Å²) in [7, 11) is -2.45. The number of thiocarbonyl (C=S) groups is 1. The molecule has 0 saturated heterocycles. The zero-order valence-electron chi connectivity index (χ0n) is 17.9. The molecule has 4 rings (SSSR count). The summed E-state index contributed by atoms with van der Waals surface area (Å²) in [6, 6.07) is 7.57. The van der Waals surface area contributed by atoms with Crippen LogP contribution >= 0.6 is 23.6 Å². The van der Waals surface area contributed by atoms with Crippen LogP contribution in [0, 0.1) is 6.92 Å². The number of sulfonamides is 1. The number of anilines is 3. The summed E-state index contributed by atoms with van der Waals surface area (Å²) in [5.41, 5.74) is 2.16. The monoisotopic (exact) mass is 506 g/mol. The maximum Gasteiger partial charge on any atom is 0.341 e. The Hall–Kier alpha value is -2.96. The number of rotatable bonds is 6. The first-order valence-corrected chi connectivity index (χ1v) is 12.8. The number of carbonyl (C=O) groups excluding carboxylic acids is 1. The van der Waals surface area contributed by atoms with Gasteiger partial charge in [0.25, 0.3) is 10.0 Å². The predicted octanol–water partition coefficient (Wildman–Crippen LogP) is 4.32. The van der Waals surface area contributed by atoms with Crippen LogP contribution in [-0.2, 0) is 27.6 Å². The second-order valence-corrected chi connectivity index (χ2v) is 10.6. The molecule has 0 unspecified atom stereocenters. The number of ether oxygens (including phenoxy) is 1. The molecule has 0 amide bonds. The van der Waals surface area contributed by atoms with E-state index in [1.807, 2.05) is 0 Å². The number of hydrogen-bond acceptors (Lipinski definition) is 8. The van der Waals surface area contributed by atoms with E-state index in [1.165, 1.54) is 41.5 Å². The highest BCUT2D eigenvalue weighted by molar-refractivity contribution is 7.92. The van der Waals surface area contributed by atoms with E-state index >= 15 is 0 Å². The fraction of sp³-hybridized carbons (Fsp3) is 0.286. The number of fused-ring (bicyclic) bond motifs is 1. The number of aryl methyl sites for hydroxylation is 2. The molecule has 9 nitrogen and oxygen atoms in total. The lowest BCUT2D eigenvalue weighted by atomic mass is 9.95. The minimum atomic E-state index is -3.81. The van der Waals surface area contributed by atoms with E-state index in [4.69, 9.17) is 21.5 Å². The van der Waals surface area contributed by atoms with Crippen LogP contribution in [0.3, 0.4) is 0 Å². The van der Waals surface area contributed by atoms with Crippen molar-refractivity contribution in [3.8, 4) is 0 Å². The van der Waals surface area contributed by atoms with E-state index < -0.39 is 10.0 Å². The van der Waals surface area contributed by atoms with Crippen molar-refractivity contribution < 1.29 is 22.5 Å². The second-order valence-electron chi connectivity index (χ2n) is 7.44. The van der Waals surface area contributed by atoms with Crippen LogP contribution in [0.5, 0.6) is 0 Å². The van der Waals surface area contributed by atoms with Gasteiger partial charge in [0.2, 0.25) is 0 Å². The Bertz CT molecular complexity index is 1300. The molecule has 1 aliphatic carbocycles. The van der Waals surface area contributed by atoms with Gasteiger partial charge in [-0.05, 0) is 74.7 Å². The molecule has 3 N–H and O–H groups in total. The third-order valence-corrected chi connectivity index (χ3v) is 7.86. The summed E-state index contributed by atoms with van der Waals surface area (Å²) in [5, 5.41) is 10.7.